The molecule has 3 aliphatic rings. The third-order valence-corrected chi connectivity index (χ3v) is 6.12. The van der Waals surface area contributed by atoms with E-state index in [2.05, 4.69) is 15.2 Å². The molecule has 1 N–H and O–H groups in total. The number of oxazole rings is 1. The highest BCUT2D eigenvalue weighted by Gasteiger charge is 2.35. The van der Waals surface area contributed by atoms with Gasteiger partial charge >= 0.3 is 0 Å². The molecule has 1 atom stereocenters. The van der Waals surface area contributed by atoms with Crippen LogP contribution in [0.25, 0.3) is 0 Å². The first-order valence-corrected chi connectivity index (χ1v) is 10.3. The Morgan fingerprint density at radius 3 is 2.44 bits per heavy atom. The van der Waals surface area contributed by atoms with Gasteiger partial charge in [0.1, 0.15) is 5.76 Å². The van der Waals surface area contributed by atoms with E-state index >= 15 is 0 Å². The number of nitrogens with zero attached hydrogens (tertiary/aromatic N) is 3. The van der Waals surface area contributed by atoms with Crippen LogP contribution in [0.5, 0.6) is 0 Å². The standard InChI is InChI=1S/C20H30N4O3/c1-13-18(21-14(2)27-13)20(26)23-10-7-17(8-11-23)24-9-3-4-15(12-24)19(25)22-16-5-6-16/h15-17H,3-12H2,1-2H3,(H,22,25). The van der Waals surface area contributed by atoms with Crippen LogP contribution in [0.1, 0.15) is 60.7 Å². The number of aryl methyl sites for hydroxylation is 2. The molecular formula is C20H30N4O3. The van der Waals surface area contributed by atoms with Gasteiger partial charge in [-0.1, -0.05) is 0 Å². The van der Waals surface area contributed by atoms with Crippen molar-refractivity contribution < 1.29 is 14.0 Å². The third-order valence-electron chi connectivity index (χ3n) is 6.12. The molecule has 0 radical (unpaired) electrons. The largest absolute Gasteiger partial charge is 0.445 e. The van der Waals surface area contributed by atoms with Crippen molar-refractivity contribution in [3.05, 3.63) is 17.3 Å². The van der Waals surface area contributed by atoms with Crippen molar-refractivity contribution >= 4 is 11.8 Å². The number of carbonyl (C=O) groups excluding carboxylic acids is 2. The van der Waals surface area contributed by atoms with Gasteiger partial charge in [-0.2, -0.15) is 0 Å². The molecule has 0 aromatic carbocycles. The molecule has 2 aliphatic heterocycles. The minimum Gasteiger partial charge on any atom is -0.445 e. The number of aromatic nitrogens is 1. The molecular weight excluding hydrogens is 344 g/mol. The molecule has 2 amide bonds. The normalized spacial score (nSPS) is 24.8. The molecule has 2 saturated heterocycles. The van der Waals surface area contributed by atoms with Crippen LogP contribution in [0.4, 0.5) is 0 Å². The van der Waals surface area contributed by atoms with Crippen LogP contribution < -0.4 is 5.32 Å². The number of amides is 2. The van der Waals surface area contributed by atoms with E-state index in [0.717, 1.165) is 64.7 Å². The molecule has 1 unspecified atom stereocenters. The Hall–Kier alpha value is -1.89. The zero-order valence-electron chi connectivity index (χ0n) is 16.4. The lowest BCUT2D eigenvalue weighted by Crippen LogP contribution is -2.51. The van der Waals surface area contributed by atoms with Crippen LogP contribution in [-0.4, -0.2) is 64.9 Å². The maximum atomic E-state index is 12.7. The molecule has 1 aromatic heterocycles. The smallest absolute Gasteiger partial charge is 0.276 e. The Balaban J connectivity index is 1.30. The summed E-state index contributed by atoms with van der Waals surface area (Å²) in [4.78, 5) is 33.7. The van der Waals surface area contributed by atoms with E-state index in [0.29, 0.717) is 29.4 Å². The van der Waals surface area contributed by atoms with Crippen LogP contribution in [0.2, 0.25) is 0 Å². The molecule has 1 aromatic rings. The van der Waals surface area contributed by atoms with Crippen molar-refractivity contribution in [3.63, 3.8) is 0 Å². The van der Waals surface area contributed by atoms with Gasteiger partial charge in [-0.05, 0) is 52.0 Å². The van der Waals surface area contributed by atoms with Gasteiger partial charge in [0.05, 0.1) is 5.92 Å². The lowest BCUT2D eigenvalue weighted by Gasteiger charge is -2.42. The van der Waals surface area contributed by atoms with Crippen LogP contribution in [0.3, 0.4) is 0 Å². The zero-order chi connectivity index (χ0) is 19.0. The van der Waals surface area contributed by atoms with Crippen LogP contribution in [-0.2, 0) is 4.79 Å². The van der Waals surface area contributed by atoms with Gasteiger partial charge in [0.2, 0.25) is 5.91 Å². The first kappa shape index (κ1) is 18.5. The highest BCUT2D eigenvalue weighted by molar-refractivity contribution is 5.93. The fraction of sp³-hybridized carbons (Fsp3) is 0.750. The number of hydrogen-bond donors (Lipinski definition) is 1. The molecule has 7 nitrogen and oxygen atoms in total. The molecule has 0 bridgehead atoms. The monoisotopic (exact) mass is 374 g/mol. The maximum Gasteiger partial charge on any atom is 0.276 e. The number of piperidine rings is 2. The summed E-state index contributed by atoms with van der Waals surface area (Å²) < 4.78 is 5.40. The van der Waals surface area contributed by atoms with Crippen molar-refractivity contribution in [2.45, 2.75) is 64.5 Å². The average molecular weight is 374 g/mol. The number of rotatable bonds is 4. The van der Waals surface area contributed by atoms with Gasteiger partial charge in [0.25, 0.3) is 5.91 Å². The summed E-state index contributed by atoms with van der Waals surface area (Å²) in [6.45, 7) is 6.96. The van der Waals surface area contributed by atoms with E-state index in [1.807, 2.05) is 4.90 Å². The van der Waals surface area contributed by atoms with E-state index in [-0.39, 0.29) is 17.7 Å². The average Bonchev–Trinajstić information content (AvgIpc) is 3.43. The number of nitrogens with one attached hydrogen (secondary N) is 1. The quantitative estimate of drug-likeness (QED) is 0.871. The summed E-state index contributed by atoms with van der Waals surface area (Å²) in [7, 11) is 0. The molecule has 3 heterocycles. The molecule has 3 fully saturated rings. The van der Waals surface area contributed by atoms with E-state index in [9.17, 15) is 9.59 Å². The molecule has 4 rings (SSSR count). The second-order valence-corrected chi connectivity index (χ2v) is 8.28. The second kappa shape index (κ2) is 7.62. The Morgan fingerprint density at radius 2 is 1.81 bits per heavy atom. The van der Waals surface area contributed by atoms with Crippen LogP contribution >= 0.6 is 0 Å². The fourth-order valence-corrected chi connectivity index (χ4v) is 4.41. The minimum absolute atomic E-state index is 0.0249. The predicted octanol–water partition coefficient (Wildman–Crippen LogP) is 1.89. The van der Waals surface area contributed by atoms with Gasteiger partial charge < -0.3 is 14.6 Å². The van der Waals surface area contributed by atoms with E-state index in [4.69, 9.17) is 4.42 Å². The molecule has 1 saturated carbocycles. The summed E-state index contributed by atoms with van der Waals surface area (Å²) in [5.74, 6) is 1.48. The van der Waals surface area contributed by atoms with Gasteiger partial charge in [-0.15, -0.1) is 0 Å². The predicted molar refractivity (Wildman–Crippen MR) is 100 cm³/mol. The first-order chi connectivity index (χ1) is 13.0. The molecule has 0 spiro atoms. The number of carbonyl (C=O) groups is 2. The molecule has 27 heavy (non-hydrogen) atoms. The van der Waals surface area contributed by atoms with Crippen molar-refractivity contribution in [2.75, 3.05) is 26.2 Å². The Bertz CT molecular complexity index is 704. The summed E-state index contributed by atoms with van der Waals surface area (Å²) in [5.41, 5.74) is 0.445. The Labute approximate surface area is 160 Å². The highest BCUT2D eigenvalue weighted by Crippen LogP contribution is 2.26. The van der Waals surface area contributed by atoms with Crippen LogP contribution in [0, 0.1) is 19.8 Å². The summed E-state index contributed by atoms with van der Waals surface area (Å²) in [6.07, 6.45) is 6.27. The second-order valence-electron chi connectivity index (χ2n) is 8.28. The molecule has 148 valence electrons. The summed E-state index contributed by atoms with van der Waals surface area (Å²) in [5, 5.41) is 3.16. The molecule has 1 aliphatic carbocycles. The first-order valence-electron chi connectivity index (χ1n) is 10.3. The van der Waals surface area contributed by atoms with Crippen LogP contribution in [0.15, 0.2) is 4.42 Å². The third kappa shape index (κ3) is 4.18. The van der Waals surface area contributed by atoms with Gasteiger partial charge in [-0.3, -0.25) is 14.5 Å². The lowest BCUT2D eigenvalue weighted by atomic mass is 9.93. The van der Waals surface area contributed by atoms with Gasteiger partial charge in [0, 0.05) is 38.6 Å². The summed E-state index contributed by atoms with van der Waals surface area (Å²) in [6, 6.07) is 0.900. The lowest BCUT2D eigenvalue weighted by molar-refractivity contribution is -0.127. The van der Waals surface area contributed by atoms with Gasteiger partial charge in [-0.25, -0.2) is 4.98 Å². The van der Waals surface area contributed by atoms with E-state index < -0.39 is 0 Å². The van der Waals surface area contributed by atoms with Crippen molar-refractivity contribution in [2.24, 2.45) is 5.92 Å². The van der Waals surface area contributed by atoms with Crippen molar-refractivity contribution in [1.29, 1.82) is 0 Å². The zero-order valence-corrected chi connectivity index (χ0v) is 16.4. The topological polar surface area (TPSA) is 78.7 Å². The Morgan fingerprint density at radius 1 is 1.07 bits per heavy atom. The minimum atomic E-state index is -0.0249. The highest BCUT2D eigenvalue weighted by atomic mass is 16.4. The fourth-order valence-electron chi connectivity index (χ4n) is 4.41. The molecule has 7 heteroatoms. The maximum absolute atomic E-state index is 12.7. The van der Waals surface area contributed by atoms with Crippen molar-refractivity contribution in [3.8, 4) is 0 Å². The van der Waals surface area contributed by atoms with E-state index in [1.54, 1.807) is 13.8 Å². The Kier molecular flexibility index (Phi) is 5.21. The summed E-state index contributed by atoms with van der Waals surface area (Å²) >= 11 is 0. The number of likely N-dealkylation sites (tertiary alicyclic amines) is 2. The SMILES string of the molecule is Cc1nc(C(=O)N2CCC(N3CCCC(C(=O)NC4CC4)C3)CC2)c(C)o1. The number of hydrogen-bond acceptors (Lipinski definition) is 5. The van der Waals surface area contributed by atoms with Gasteiger partial charge in [0.15, 0.2) is 11.6 Å². The van der Waals surface area contributed by atoms with E-state index in [1.165, 1.54) is 0 Å². The van der Waals surface area contributed by atoms with Crippen molar-refractivity contribution in [1.82, 2.24) is 20.1 Å².